The van der Waals surface area contributed by atoms with Gasteiger partial charge in [-0.05, 0) is 43.0 Å². The fourth-order valence-electron chi connectivity index (χ4n) is 3.48. The van der Waals surface area contributed by atoms with Gasteiger partial charge in [0, 0.05) is 18.7 Å². The fraction of sp³-hybridized carbons (Fsp3) is 0.208. The monoisotopic (exact) mass is 429 g/mol. The van der Waals surface area contributed by atoms with Gasteiger partial charge < -0.3 is 10.0 Å². The Balaban J connectivity index is 1.55. The molecule has 0 bridgehead atoms. The minimum Gasteiger partial charge on any atom is -0.478 e. The van der Waals surface area contributed by atoms with E-state index in [1.165, 1.54) is 24.8 Å². The lowest BCUT2D eigenvalue weighted by Crippen LogP contribution is -2.32. The van der Waals surface area contributed by atoms with E-state index < -0.39 is 11.9 Å². The molecule has 1 aliphatic heterocycles. The van der Waals surface area contributed by atoms with Crippen LogP contribution >= 0.6 is 0 Å². The van der Waals surface area contributed by atoms with E-state index >= 15 is 0 Å². The van der Waals surface area contributed by atoms with E-state index in [2.05, 4.69) is 20.4 Å². The zero-order chi connectivity index (χ0) is 22.3. The highest BCUT2D eigenvalue weighted by Gasteiger charge is 2.18. The summed E-state index contributed by atoms with van der Waals surface area (Å²) in [4.78, 5) is 35.0. The van der Waals surface area contributed by atoms with E-state index in [9.17, 15) is 9.59 Å². The molecule has 8 nitrogen and oxygen atoms in total. The van der Waals surface area contributed by atoms with Gasteiger partial charge in [0.05, 0.1) is 17.5 Å². The number of carbonyl (C=O) groups is 2. The molecule has 8 heteroatoms. The van der Waals surface area contributed by atoms with Crippen molar-refractivity contribution in [2.45, 2.75) is 19.3 Å². The third-order valence-electron chi connectivity index (χ3n) is 5.19. The summed E-state index contributed by atoms with van der Waals surface area (Å²) in [5.74, 6) is -0.894. The number of carbonyl (C=O) groups excluding carboxylic acids is 1. The van der Waals surface area contributed by atoms with E-state index in [1.54, 1.807) is 18.2 Å². The molecule has 1 saturated heterocycles. The van der Waals surface area contributed by atoms with Crippen LogP contribution < -0.4 is 10.3 Å². The second kappa shape index (κ2) is 9.82. The zero-order valence-electron chi connectivity index (χ0n) is 17.4. The number of carboxylic acid groups (broad SMARTS) is 1. The van der Waals surface area contributed by atoms with Gasteiger partial charge >= 0.3 is 5.97 Å². The van der Waals surface area contributed by atoms with Gasteiger partial charge in [-0.3, -0.25) is 4.79 Å². The average molecular weight is 429 g/mol. The van der Waals surface area contributed by atoms with Crippen LogP contribution in [0.5, 0.6) is 0 Å². The number of rotatable bonds is 6. The predicted molar refractivity (Wildman–Crippen MR) is 122 cm³/mol. The summed E-state index contributed by atoms with van der Waals surface area (Å²) in [6.07, 6.45) is 4.79. The van der Waals surface area contributed by atoms with Crippen LogP contribution in [0.1, 0.15) is 45.7 Å². The maximum atomic E-state index is 12.8. The summed E-state index contributed by atoms with van der Waals surface area (Å²) in [7, 11) is 0. The lowest BCUT2D eigenvalue weighted by molar-refractivity contribution is 0.0696. The molecule has 0 spiro atoms. The fourth-order valence-corrected chi connectivity index (χ4v) is 3.48. The SMILES string of the molecule is O=C(O)c1ccc(/C=N/NC(=O)c2cc(-c3ccccc3)nc(N3CCCCC3)n2)cc1. The van der Waals surface area contributed by atoms with Crippen LogP contribution in [0.2, 0.25) is 0 Å². The molecule has 162 valence electrons. The first-order valence-electron chi connectivity index (χ1n) is 10.5. The smallest absolute Gasteiger partial charge is 0.335 e. The standard InChI is InChI=1S/C24H23N5O3/c30-22(28-25-16-17-9-11-19(12-10-17)23(31)32)21-15-20(18-7-3-1-4-8-18)26-24(27-21)29-13-5-2-6-14-29/h1,3-4,7-12,15-16H,2,5-6,13-14H2,(H,28,30)(H,31,32)/b25-16+. The first kappa shape index (κ1) is 21.2. The van der Waals surface area contributed by atoms with Crippen molar-refractivity contribution >= 4 is 24.0 Å². The summed E-state index contributed by atoms with van der Waals surface area (Å²) in [5.41, 5.74) is 5.17. The first-order valence-corrected chi connectivity index (χ1v) is 10.5. The lowest BCUT2D eigenvalue weighted by Gasteiger charge is -2.27. The van der Waals surface area contributed by atoms with Crippen molar-refractivity contribution in [3.05, 3.63) is 77.5 Å². The number of nitrogens with zero attached hydrogens (tertiary/aromatic N) is 4. The van der Waals surface area contributed by atoms with Crippen molar-refractivity contribution in [2.75, 3.05) is 18.0 Å². The third kappa shape index (κ3) is 5.15. The molecule has 32 heavy (non-hydrogen) atoms. The average Bonchev–Trinajstić information content (AvgIpc) is 2.85. The highest BCUT2D eigenvalue weighted by atomic mass is 16.4. The number of hydrazone groups is 1. The van der Waals surface area contributed by atoms with E-state index in [0.717, 1.165) is 31.5 Å². The summed E-state index contributed by atoms with van der Waals surface area (Å²) in [6.45, 7) is 1.73. The Hall–Kier alpha value is -4.07. The van der Waals surface area contributed by atoms with Gasteiger partial charge in [0.2, 0.25) is 5.95 Å². The molecule has 0 unspecified atom stereocenters. The summed E-state index contributed by atoms with van der Waals surface area (Å²) >= 11 is 0. The maximum absolute atomic E-state index is 12.8. The van der Waals surface area contributed by atoms with Gasteiger partial charge in [-0.25, -0.2) is 20.2 Å². The van der Waals surface area contributed by atoms with Crippen LogP contribution in [0.4, 0.5) is 5.95 Å². The van der Waals surface area contributed by atoms with Gasteiger partial charge in [0.1, 0.15) is 5.69 Å². The molecule has 3 aromatic rings. The molecule has 0 aliphatic carbocycles. The Morgan fingerprint density at radius 2 is 1.69 bits per heavy atom. The van der Waals surface area contributed by atoms with Crippen LogP contribution in [0.15, 0.2) is 65.8 Å². The molecule has 2 N–H and O–H groups in total. The molecule has 1 aliphatic rings. The molecular weight excluding hydrogens is 406 g/mol. The number of piperidine rings is 1. The van der Waals surface area contributed by atoms with E-state index in [1.807, 2.05) is 30.3 Å². The maximum Gasteiger partial charge on any atom is 0.335 e. The normalized spacial score (nSPS) is 13.8. The number of amides is 1. The number of carboxylic acids is 1. The van der Waals surface area contributed by atoms with Crippen molar-refractivity contribution < 1.29 is 14.7 Å². The Morgan fingerprint density at radius 3 is 2.38 bits per heavy atom. The molecule has 0 saturated carbocycles. The molecule has 2 heterocycles. The Morgan fingerprint density at radius 1 is 0.969 bits per heavy atom. The number of aromatic nitrogens is 2. The van der Waals surface area contributed by atoms with E-state index in [0.29, 0.717) is 17.2 Å². The topological polar surface area (TPSA) is 108 Å². The van der Waals surface area contributed by atoms with E-state index in [4.69, 9.17) is 10.1 Å². The quantitative estimate of drug-likeness (QED) is 0.458. The summed E-state index contributed by atoms with van der Waals surface area (Å²) in [5, 5.41) is 13.0. The largest absolute Gasteiger partial charge is 0.478 e. The zero-order valence-corrected chi connectivity index (χ0v) is 17.4. The molecule has 4 rings (SSSR count). The van der Waals surface area contributed by atoms with Crippen LogP contribution in [0, 0.1) is 0 Å². The van der Waals surface area contributed by atoms with Crippen molar-refractivity contribution in [3.63, 3.8) is 0 Å². The molecule has 1 fully saturated rings. The summed E-state index contributed by atoms with van der Waals surface area (Å²) < 4.78 is 0. The third-order valence-corrected chi connectivity index (χ3v) is 5.19. The number of benzene rings is 2. The van der Waals surface area contributed by atoms with E-state index in [-0.39, 0.29) is 11.3 Å². The van der Waals surface area contributed by atoms with Gasteiger partial charge in [-0.2, -0.15) is 5.10 Å². The molecule has 2 aromatic carbocycles. The van der Waals surface area contributed by atoms with Crippen LogP contribution in [-0.2, 0) is 0 Å². The minimum absolute atomic E-state index is 0.186. The van der Waals surface area contributed by atoms with Crippen molar-refractivity contribution in [1.29, 1.82) is 0 Å². The number of anilines is 1. The number of hydrogen-bond acceptors (Lipinski definition) is 6. The number of hydrogen-bond donors (Lipinski definition) is 2. The van der Waals surface area contributed by atoms with Gasteiger partial charge in [-0.15, -0.1) is 0 Å². The van der Waals surface area contributed by atoms with Crippen molar-refractivity contribution in [1.82, 2.24) is 15.4 Å². The second-order valence-electron chi connectivity index (χ2n) is 7.48. The molecule has 1 aromatic heterocycles. The highest BCUT2D eigenvalue weighted by molar-refractivity contribution is 5.94. The molecular formula is C24H23N5O3. The van der Waals surface area contributed by atoms with Crippen LogP contribution in [0.3, 0.4) is 0 Å². The lowest BCUT2D eigenvalue weighted by atomic mass is 10.1. The Kier molecular flexibility index (Phi) is 6.50. The second-order valence-corrected chi connectivity index (χ2v) is 7.48. The number of nitrogens with one attached hydrogen (secondary N) is 1. The molecule has 0 radical (unpaired) electrons. The van der Waals surface area contributed by atoms with Crippen molar-refractivity contribution in [2.24, 2.45) is 5.10 Å². The van der Waals surface area contributed by atoms with Crippen LogP contribution in [-0.4, -0.2) is 46.3 Å². The summed E-state index contributed by atoms with van der Waals surface area (Å²) in [6, 6.07) is 17.5. The van der Waals surface area contributed by atoms with Gasteiger partial charge in [-0.1, -0.05) is 42.5 Å². The Labute approximate surface area is 185 Å². The molecule has 0 atom stereocenters. The van der Waals surface area contributed by atoms with Gasteiger partial charge in [0.15, 0.2) is 0 Å². The predicted octanol–water partition coefficient (Wildman–Crippen LogP) is 3.60. The first-order chi connectivity index (χ1) is 15.6. The molecule has 1 amide bonds. The van der Waals surface area contributed by atoms with Gasteiger partial charge in [0.25, 0.3) is 5.91 Å². The minimum atomic E-state index is -0.996. The van der Waals surface area contributed by atoms with Crippen LogP contribution in [0.25, 0.3) is 11.3 Å². The highest BCUT2D eigenvalue weighted by Crippen LogP contribution is 2.22. The Bertz CT molecular complexity index is 1120. The number of aromatic carboxylic acids is 1. The van der Waals surface area contributed by atoms with Crippen molar-refractivity contribution in [3.8, 4) is 11.3 Å².